The Kier molecular flexibility index (Phi) is 4.39. The average molecular weight is 290 g/mol. The lowest BCUT2D eigenvalue weighted by atomic mass is 9.74. The molecule has 1 heterocycles. The number of halogens is 1. The number of hydrogen-bond acceptors (Lipinski definition) is 2. The minimum absolute atomic E-state index is 0.0429. The van der Waals surface area contributed by atoms with Gasteiger partial charge in [-0.2, -0.15) is 0 Å². The maximum atomic E-state index is 13.2. The van der Waals surface area contributed by atoms with E-state index in [-0.39, 0.29) is 23.1 Å². The molecule has 1 aliphatic carbocycles. The van der Waals surface area contributed by atoms with Crippen molar-refractivity contribution in [3.8, 4) is 0 Å². The highest BCUT2D eigenvalue weighted by atomic mass is 19.1. The van der Waals surface area contributed by atoms with Crippen LogP contribution < -0.4 is 0 Å². The van der Waals surface area contributed by atoms with Gasteiger partial charge in [0.05, 0.1) is 5.60 Å². The standard InChI is InChI=1S/C18H23FO2/c19-16-6-4-5-14(11-16)12-17(20)15-7-10-21-18(13-15)8-2-1-3-9-18/h4-6,11,15H,1-3,7-10,12-13H2. The number of rotatable bonds is 3. The lowest BCUT2D eigenvalue weighted by molar-refractivity contribution is -0.142. The third-order valence-corrected chi connectivity index (χ3v) is 4.98. The molecule has 1 unspecified atom stereocenters. The number of carbonyl (C=O) groups excluding carboxylic acids is 1. The summed E-state index contributed by atoms with van der Waals surface area (Å²) in [6.07, 6.45) is 7.92. The summed E-state index contributed by atoms with van der Waals surface area (Å²) in [6, 6.07) is 6.38. The van der Waals surface area contributed by atoms with Crippen LogP contribution in [-0.4, -0.2) is 18.0 Å². The van der Waals surface area contributed by atoms with Gasteiger partial charge < -0.3 is 4.74 Å². The zero-order chi connectivity index (χ0) is 14.7. The lowest BCUT2D eigenvalue weighted by Gasteiger charge is -2.43. The van der Waals surface area contributed by atoms with Crippen molar-refractivity contribution in [2.24, 2.45) is 5.92 Å². The van der Waals surface area contributed by atoms with Crippen molar-refractivity contribution in [3.63, 3.8) is 0 Å². The van der Waals surface area contributed by atoms with Gasteiger partial charge in [-0.1, -0.05) is 31.4 Å². The fraction of sp³-hybridized carbons (Fsp3) is 0.611. The first-order chi connectivity index (χ1) is 10.2. The highest BCUT2D eigenvalue weighted by Gasteiger charge is 2.40. The van der Waals surface area contributed by atoms with Gasteiger partial charge in [-0.25, -0.2) is 4.39 Å². The van der Waals surface area contributed by atoms with Gasteiger partial charge in [0.2, 0.25) is 0 Å². The Bertz CT molecular complexity index is 500. The van der Waals surface area contributed by atoms with E-state index in [0.29, 0.717) is 13.0 Å². The lowest BCUT2D eigenvalue weighted by Crippen LogP contribution is -2.43. The van der Waals surface area contributed by atoms with Gasteiger partial charge in [-0.15, -0.1) is 0 Å². The van der Waals surface area contributed by atoms with Gasteiger partial charge >= 0.3 is 0 Å². The monoisotopic (exact) mass is 290 g/mol. The van der Waals surface area contributed by atoms with Crippen molar-refractivity contribution >= 4 is 5.78 Å². The fourth-order valence-electron chi connectivity index (χ4n) is 3.84. The van der Waals surface area contributed by atoms with Gasteiger partial charge in [0.15, 0.2) is 0 Å². The van der Waals surface area contributed by atoms with Crippen LogP contribution in [0.25, 0.3) is 0 Å². The number of hydrogen-bond donors (Lipinski definition) is 0. The molecule has 0 bridgehead atoms. The molecule has 1 saturated heterocycles. The van der Waals surface area contributed by atoms with Crippen LogP contribution in [0, 0.1) is 11.7 Å². The Morgan fingerprint density at radius 3 is 2.86 bits per heavy atom. The molecule has 0 N–H and O–H groups in total. The van der Waals surface area contributed by atoms with Crippen LogP contribution in [-0.2, 0) is 16.0 Å². The minimum Gasteiger partial charge on any atom is -0.375 e. The molecule has 2 fully saturated rings. The van der Waals surface area contributed by atoms with Crippen LogP contribution in [0.1, 0.15) is 50.5 Å². The summed E-state index contributed by atoms with van der Waals surface area (Å²) in [5.41, 5.74) is 0.739. The minimum atomic E-state index is -0.268. The third kappa shape index (κ3) is 3.52. The summed E-state index contributed by atoms with van der Waals surface area (Å²) in [5, 5.41) is 0. The molecule has 0 radical (unpaired) electrons. The highest BCUT2D eigenvalue weighted by Crippen LogP contribution is 2.41. The molecule has 1 aromatic rings. The predicted octanol–water partition coefficient (Wildman–Crippen LogP) is 4.07. The molecule has 3 rings (SSSR count). The number of ether oxygens (including phenoxy) is 1. The first-order valence-corrected chi connectivity index (χ1v) is 8.08. The van der Waals surface area contributed by atoms with Gasteiger partial charge in [0.25, 0.3) is 0 Å². The highest BCUT2D eigenvalue weighted by molar-refractivity contribution is 5.83. The maximum absolute atomic E-state index is 13.2. The first-order valence-electron chi connectivity index (χ1n) is 8.08. The van der Waals surface area contributed by atoms with Crippen molar-refractivity contribution in [3.05, 3.63) is 35.6 Å². The molecular weight excluding hydrogens is 267 g/mol. The van der Waals surface area contributed by atoms with Crippen molar-refractivity contribution in [1.29, 1.82) is 0 Å². The van der Waals surface area contributed by atoms with E-state index >= 15 is 0 Å². The Hall–Kier alpha value is -1.22. The normalized spacial score (nSPS) is 24.9. The Morgan fingerprint density at radius 1 is 1.29 bits per heavy atom. The molecule has 1 aromatic carbocycles. The molecule has 21 heavy (non-hydrogen) atoms. The van der Waals surface area contributed by atoms with Crippen molar-refractivity contribution < 1.29 is 13.9 Å². The predicted molar refractivity (Wildman–Crippen MR) is 79.6 cm³/mol. The molecule has 0 aromatic heterocycles. The Balaban J connectivity index is 1.64. The van der Waals surface area contributed by atoms with E-state index in [4.69, 9.17) is 4.74 Å². The van der Waals surface area contributed by atoms with Crippen LogP contribution in [0.3, 0.4) is 0 Å². The van der Waals surface area contributed by atoms with Gasteiger partial charge in [-0.3, -0.25) is 4.79 Å². The summed E-state index contributed by atoms with van der Waals surface area (Å²) >= 11 is 0. The smallest absolute Gasteiger partial charge is 0.140 e. The molecule has 1 aliphatic heterocycles. The topological polar surface area (TPSA) is 26.3 Å². The van der Waals surface area contributed by atoms with E-state index in [1.807, 2.05) is 6.07 Å². The molecular formula is C18H23FO2. The van der Waals surface area contributed by atoms with Crippen molar-refractivity contribution in [2.75, 3.05) is 6.61 Å². The average Bonchev–Trinajstić information content (AvgIpc) is 2.48. The van der Waals surface area contributed by atoms with Crippen LogP contribution in [0.15, 0.2) is 24.3 Å². The zero-order valence-corrected chi connectivity index (χ0v) is 12.4. The molecule has 1 spiro atoms. The summed E-state index contributed by atoms with van der Waals surface area (Å²) in [7, 11) is 0. The number of carbonyl (C=O) groups is 1. The molecule has 1 atom stereocenters. The van der Waals surface area contributed by atoms with E-state index in [9.17, 15) is 9.18 Å². The largest absolute Gasteiger partial charge is 0.375 e. The second-order valence-corrected chi connectivity index (χ2v) is 6.55. The van der Waals surface area contributed by atoms with Gasteiger partial charge in [0.1, 0.15) is 11.6 Å². The third-order valence-electron chi connectivity index (χ3n) is 4.98. The zero-order valence-electron chi connectivity index (χ0n) is 12.4. The molecule has 2 nitrogen and oxygen atoms in total. The van der Waals surface area contributed by atoms with E-state index < -0.39 is 0 Å². The van der Waals surface area contributed by atoms with Gasteiger partial charge in [0, 0.05) is 18.9 Å². The van der Waals surface area contributed by atoms with Crippen LogP contribution in [0.5, 0.6) is 0 Å². The van der Waals surface area contributed by atoms with E-state index in [1.165, 1.54) is 31.4 Å². The summed E-state index contributed by atoms with van der Waals surface area (Å²) in [6.45, 7) is 0.694. The Morgan fingerprint density at radius 2 is 2.10 bits per heavy atom. The van der Waals surface area contributed by atoms with Crippen molar-refractivity contribution in [1.82, 2.24) is 0 Å². The maximum Gasteiger partial charge on any atom is 0.140 e. The molecule has 0 amide bonds. The molecule has 1 saturated carbocycles. The summed E-state index contributed by atoms with van der Waals surface area (Å²) in [4.78, 5) is 12.5. The first kappa shape index (κ1) is 14.7. The summed E-state index contributed by atoms with van der Waals surface area (Å²) in [5.74, 6) is 0.0602. The molecule has 114 valence electrons. The van der Waals surface area contributed by atoms with Crippen molar-refractivity contribution in [2.45, 2.75) is 57.0 Å². The van der Waals surface area contributed by atoms with E-state index in [1.54, 1.807) is 6.07 Å². The van der Waals surface area contributed by atoms with E-state index in [0.717, 1.165) is 31.2 Å². The SMILES string of the molecule is O=C(Cc1cccc(F)c1)C1CCOC2(CCCCC2)C1. The van der Waals surface area contributed by atoms with Crippen LogP contribution in [0.2, 0.25) is 0 Å². The van der Waals surface area contributed by atoms with Gasteiger partial charge in [-0.05, 0) is 43.4 Å². The second kappa shape index (κ2) is 6.27. The number of benzene rings is 1. The van der Waals surface area contributed by atoms with Crippen LogP contribution in [0.4, 0.5) is 4.39 Å². The Labute approximate surface area is 125 Å². The second-order valence-electron chi connectivity index (χ2n) is 6.55. The number of Topliss-reactive ketones (excluding diaryl/α,β-unsaturated/α-hetero) is 1. The summed E-state index contributed by atoms with van der Waals surface area (Å²) < 4.78 is 19.3. The van der Waals surface area contributed by atoms with Crippen LogP contribution >= 0.6 is 0 Å². The fourth-order valence-corrected chi connectivity index (χ4v) is 3.84. The quantitative estimate of drug-likeness (QED) is 0.839. The number of ketones is 1. The van der Waals surface area contributed by atoms with E-state index in [2.05, 4.69) is 0 Å². The molecule has 3 heteroatoms. The molecule has 2 aliphatic rings.